The minimum absolute atomic E-state index is 0.612. The zero-order chi connectivity index (χ0) is 13.1. The van der Waals surface area contributed by atoms with E-state index in [1.807, 2.05) is 12.4 Å². The summed E-state index contributed by atoms with van der Waals surface area (Å²) in [6.45, 7) is 10.3. The summed E-state index contributed by atoms with van der Waals surface area (Å²) in [6.07, 6.45) is 2.09. The molecule has 0 saturated heterocycles. The molecule has 0 atom stereocenters. The van der Waals surface area contributed by atoms with Gasteiger partial charge < -0.3 is 9.88 Å². The van der Waals surface area contributed by atoms with E-state index in [9.17, 15) is 0 Å². The molecule has 2 heterocycles. The Morgan fingerprint density at radius 2 is 2.17 bits per heavy atom. The van der Waals surface area contributed by atoms with E-state index in [-0.39, 0.29) is 0 Å². The van der Waals surface area contributed by atoms with Crippen LogP contribution in [0, 0.1) is 19.8 Å². The van der Waals surface area contributed by atoms with E-state index >= 15 is 0 Å². The first kappa shape index (κ1) is 13.1. The molecule has 0 aromatic carbocycles. The first-order chi connectivity index (χ1) is 8.56. The number of nitrogens with one attached hydrogen (secondary N) is 1. The number of aromatic nitrogens is 3. The fourth-order valence-corrected chi connectivity index (χ4v) is 2.51. The molecule has 0 saturated carbocycles. The summed E-state index contributed by atoms with van der Waals surface area (Å²) in [5.74, 6) is 1.56. The van der Waals surface area contributed by atoms with Crippen LogP contribution in [0.25, 0.3) is 0 Å². The van der Waals surface area contributed by atoms with Crippen molar-refractivity contribution in [1.29, 1.82) is 0 Å². The van der Waals surface area contributed by atoms with E-state index in [2.05, 4.69) is 46.8 Å². The monoisotopic (exact) mass is 264 g/mol. The van der Waals surface area contributed by atoms with E-state index in [4.69, 9.17) is 0 Å². The number of nitrogens with zero attached hydrogens (tertiary/aromatic N) is 3. The van der Waals surface area contributed by atoms with Crippen LogP contribution in [-0.4, -0.2) is 21.1 Å². The number of rotatable bonds is 5. The number of aryl methyl sites for hydroxylation is 2. The predicted octanol–water partition coefficient (Wildman–Crippen LogP) is 3.07. The Morgan fingerprint density at radius 1 is 1.39 bits per heavy atom. The van der Waals surface area contributed by atoms with E-state index in [1.54, 1.807) is 11.3 Å². The van der Waals surface area contributed by atoms with Crippen molar-refractivity contribution >= 4 is 17.3 Å². The van der Waals surface area contributed by atoms with Crippen LogP contribution >= 0.6 is 11.3 Å². The van der Waals surface area contributed by atoms with Gasteiger partial charge in [-0.15, -0.1) is 11.3 Å². The van der Waals surface area contributed by atoms with Crippen molar-refractivity contribution in [2.45, 2.75) is 34.2 Å². The largest absolute Gasteiger partial charge is 0.355 e. The normalized spacial score (nSPS) is 11.2. The molecule has 0 aliphatic heterocycles. The molecule has 4 nitrogen and oxygen atoms in total. The van der Waals surface area contributed by atoms with Crippen molar-refractivity contribution in [3.63, 3.8) is 0 Å². The van der Waals surface area contributed by atoms with Crippen LogP contribution in [0.2, 0.25) is 0 Å². The van der Waals surface area contributed by atoms with E-state index in [1.165, 1.54) is 4.88 Å². The van der Waals surface area contributed by atoms with Crippen LogP contribution in [0.4, 0.5) is 5.95 Å². The van der Waals surface area contributed by atoms with Gasteiger partial charge in [0.05, 0.1) is 23.4 Å². The first-order valence-electron chi connectivity index (χ1n) is 6.23. The Morgan fingerprint density at radius 3 is 2.78 bits per heavy atom. The second-order valence-corrected chi connectivity index (χ2v) is 5.91. The lowest BCUT2D eigenvalue weighted by Gasteiger charge is -2.10. The maximum Gasteiger partial charge on any atom is 0.203 e. The van der Waals surface area contributed by atoms with Gasteiger partial charge in [0.25, 0.3) is 0 Å². The highest BCUT2D eigenvalue weighted by molar-refractivity contribution is 7.09. The van der Waals surface area contributed by atoms with Gasteiger partial charge >= 0.3 is 0 Å². The first-order valence-corrected chi connectivity index (χ1v) is 7.11. The van der Waals surface area contributed by atoms with Crippen LogP contribution in [0.3, 0.4) is 0 Å². The molecule has 2 rings (SSSR count). The molecule has 98 valence electrons. The van der Waals surface area contributed by atoms with Crippen molar-refractivity contribution in [3.05, 3.63) is 28.0 Å². The second kappa shape index (κ2) is 5.52. The molecule has 2 aromatic rings. The molecule has 0 unspecified atom stereocenters. The minimum atomic E-state index is 0.612. The quantitative estimate of drug-likeness (QED) is 0.902. The summed E-state index contributed by atoms with van der Waals surface area (Å²) in [5.41, 5.74) is 4.06. The molecule has 0 bridgehead atoms. The van der Waals surface area contributed by atoms with Crippen LogP contribution < -0.4 is 5.32 Å². The van der Waals surface area contributed by atoms with Gasteiger partial charge in [0.15, 0.2) is 0 Å². The number of anilines is 1. The molecule has 0 amide bonds. The smallest absolute Gasteiger partial charge is 0.203 e. The zero-order valence-corrected chi connectivity index (χ0v) is 12.2. The Balaban J connectivity index is 2.14. The van der Waals surface area contributed by atoms with Gasteiger partial charge in [-0.25, -0.2) is 9.97 Å². The van der Waals surface area contributed by atoms with Gasteiger partial charge in [-0.05, 0) is 19.8 Å². The molecule has 0 aliphatic carbocycles. The average Bonchev–Trinajstić information content (AvgIpc) is 2.84. The molecule has 0 fully saturated rings. The summed E-state index contributed by atoms with van der Waals surface area (Å²) in [7, 11) is 0. The Labute approximate surface area is 112 Å². The molecule has 0 aliphatic rings. The van der Waals surface area contributed by atoms with Gasteiger partial charge in [-0.1, -0.05) is 13.8 Å². The van der Waals surface area contributed by atoms with E-state index in [0.29, 0.717) is 5.92 Å². The Hall–Kier alpha value is -1.36. The summed E-state index contributed by atoms with van der Waals surface area (Å²) >= 11 is 1.70. The van der Waals surface area contributed by atoms with Crippen LogP contribution in [0.15, 0.2) is 11.7 Å². The van der Waals surface area contributed by atoms with Crippen molar-refractivity contribution in [2.75, 3.05) is 11.9 Å². The second-order valence-electron chi connectivity index (χ2n) is 4.97. The van der Waals surface area contributed by atoms with Gasteiger partial charge in [0.2, 0.25) is 5.95 Å². The summed E-state index contributed by atoms with van der Waals surface area (Å²) in [6, 6.07) is 0. The Kier molecular flexibility index (Phi) is 4.01. The molecular formula is C13H20N4S. The molecule has 5 heteroatoms. The van der Waals surface area contributed by atoms with Crippen LogP contribution in [-0.2, 0) is 6.54 Å². The third-order valence-electron chi connectivity index (χ3n) is 2.72. The number of imidazole rings is 1. The lowest BCUT2D eigenvalue weighted by molar-refractivity contribution is 0.676. The number of thiazole rings is 1. The summed E-state index contributed by atoms with van der Waals surface area (Å²) in [4.78, 5) is 10.1. The molecule has 0 radical (unpaired) electrons. The van der Waals surface area contributed by atoms with Crippen LogP contribution in [0.5, 0.6) is 0 Å². The van der Waals surface area contributed by atoms with Gasteiger partial charge in [0, 0.05) is 17.6 Å². The third kappa shape index (κ3) is 3.10. The van der Waals surface area contributed by atoms with Crippen molar-refractivity contribution in [3.8, 4) is 0 Å². The highest BCUT2D eigenvalue weighted by atomic mass is 32.1. The molecular weight excluding hydrogens is 244 g/mol. The van der Waals surface area contributed by atoms with Gasteiger partial charge in [0.1, 0.15) is 0 Å². The van der Waals surface area contributed by atoms with Crippen molar-refractivity contribution in [2.24, 2.45) is 5.92 Å². The standard InChI is InChI=1S/C13H20N4S/c1-9(2)5-14-13-16-10(3)6-17(13)7-12-11(4)15-8-18-12/h6,8-9H,5,7H2,1-4H3,(H,14,16). The maximum atomic E-state index is 4.53. The molecule has 18 heavy (non-hydrogen) atoms. The minimum Gasteiger partial charge on any atom is -0.355 e. The average molecular weight is 264 g/mol. The third-order valence-corrected chi connectivity index (χ3v) is 3.64. The Bertz CT molecular complexity index is 513. The lowest BCUT2D eigenvalue weighted by Crippen LogP contribution is -2.13. The lowest BCUT2D eigenvalue weighted by atomic mass is 10.2. The summed E-state index contributed by atoms with van der Waals surface area (Å²) in [5, 5.41) is 3.40. The maximum absolute atomic E-state index is 4.53. The van der Waals surface area contributed by atoms with Crippen LogP contribution in [0.1, 0.15) is 30.1 Å². The van der Waals surface area contributed by atoms with Gasteiger partial charge in [-0.3, -0.25) is 0 Å². The molecule has 0 spiro atoms. The van der Waals surface area contributed by atoms with Gasteiger partial charge in [-0.2, -0.15) is 0 Å². The van der Waals surface area contributed by atoms with E-state index in [0.717, 1.165) is 30.4 Å². The highest BCUT2D eigenvalue weighted by Gasteiger charge is 2.09. The van der Waals surface area contributed by atoms with Crippen molar-refractivity contribution in [1.82, 2.24) is 14.5 Å². The summed E-state index contributed by atoms with van der Waals surface area (Å²) < 4.78 is 2.16. The number of hydrogen-bond donors (Lipinski definition) is 1. The highest BCUT2D eigenvalue weighted by Crippen LogP contribution is 2.17. The fraction of sp³-hybridized carbons (Fsp3) is 0.538. The molecule has 2 aromatic heterocycles. The topological polar surface area (TPSA) is 42.7 Å². The zero-order valence-electron chi connectivity index (χ0n) is 11.4. The number of hydrogen-bond acceptors (Lipinski definition) is 4. The SMILES string of the molecule is Cc1cn(Cc2scnc2C)c(NCC(C)C)n1. The molecule has 1 N–H and O–H groups in total. The van der Waals surface area contributed by atoms with E-state index < -0.39 is 0 Å². The van der Waals surface area contributed by atoms with Crippen molar-refractivity contribution < 1.29 is 0 Å². The predicted molar refractivity (Wildman–Crippen MR) is 76.2 cm³/mol. The fourth-order valence-electron chi connectivity index (χ4n) is 1.74.